The van der Waals surface area contributed by atoms with Gasteiger partial charge in [-0.05, 0) is 41.8 Å². The Kier molecular flexibility index (Phi) is 5.37. The van der Waals surface area contributed by atoms with Crippen LogP contribution in [0.3, 0.4) is 0 Å². The summed E-state index contributed by atoms with van der Waals surface area (Å²) in [6.45, 7) is 5.75. The number of carbonyl (C=O) groups excluding carboxylic acids is 1. The number of hydrogen-bond donors (Lipinski definition) is 3. The fraction of sp³-hybridized carbons (Fsp3) is 0.250. The average molecular weight is 342 g/mol. The molecule has 0 fully saturated rings. The normalized spacial score (nSPS) is 11.0. The number of phenolic OH excluding ortho intramolecular Hbond substituents is 1. The van der Waals surface area contributed by atoms with Gasteiger partial charge >= 0.3 is 5.97 Å². The molecular weight excluding hydrogens is 320 g/mol. The van der Waals surface area contributed by atoms with Crippen LogP contribution in [0.1, 0.15) is 38.3 Å². The van der Waals surface area contributed by atoms with Gasteiger partial charge in [-0.15, -0.1) is 0 Å². The number of benzene rings is 2. The molecule has 0 unspecified atom stereocenters. The lowest BCUT2D eigenvalue weighted by Crippen LogP contribution is -2.19. The van der Waals surface area contributed by atoms with E-state index in [4.69, 9.17) is 14.9 Å². The van der Waals surface area contributed by atoms with Gasteiger partial charge in [0.1, 0.15) is 17.1 Å². The first kappa shape index (κ1) is 18.4. The van der Waals surface area contributed by atoms with Crippen molar-refractivity contribution in [1.29, 1.82) is 0 Å². The molecule has 132 valence electrons. The zero-order chi connectivity index (χ0) is 18.6. The molecule has 0 aliphatic rings. The maximum atomic E-state index is 11.9. The standard InChI is InChI=1S/C20H22O5/c1-4-17(18(22)23)19(24)25-16-11-7-14(8-12-16)20(2,3)13-5-9-15(21)10-6-13/h5-12,21-23H,4H2,1-3H3. The molecule has 0 aliphatic heterocycles. The Morgan fingerprint density at radius 1 is 0.960 bits per heavy atom. The number of ether oxygens (including phenoxy) is 1. The predicted molar refractivity (Wildman–Crippen MR) is 94.9 cm³/mol. The number of carbonyl (C=O) groups is 1. The Morgan fingerprint density at radius 2 is 1.44 bits per heavy atom. The van der Waals surface area contributed by atoms with Gasteiger partial charge in [-0.25, -0.2) is 4.79 Å². The average Bonchev–Trinajstić information content (AvgIpc) is 2.56. The molecule has 0 heterocycles. The summed E-state index contributed by atoms with van der Waals surface area (Å²) in [5, 5.41) is 27.6. The summed E-state index contributed by atoms with van der Waals surface area (Å²) < 4.78 is 5.17. The van der Waals surface area contributed by atoms with Crippen LogP contribution < -0.4 is 4.74 Å². The van der Waals surface area contributed by atoms with Crippen LogP contribution in [0.2, 0.25) is 0 Å². The molecule has 0 radical (unpaired) electrons. The molecule has 0 saturated carbocycles. The maximum absolute atomic E-state index is 11.9. The molecule has 0 bridgehead atoms. The van der Waals surface area contributed by atoms with Crippen LogP contribution in [0.5, 0.6) is 11.5 Å². The second-order valence-electron chi connectivity index (χ2n) is 6.24. The van der Waals surface area contributed by atoms with Crippen molar-refractivity contribution in [1.82, 2.24) is 0 Å². The van der Waals surface area contributed by atoms with Crippen LogP contribution in [0.4, 0.5) is 0 Å². The molecule has 25 heavy (non-hydrogen) atoms. The Morgan fingerprint density at radius 3 is 1.88 bits per heavy atom. The van der Waals surface area contributed by atoms with E-state index in [0.29, 0.717) is 5.75 Å². The third kappa shape index (κ3) is 4.12. The molecule has 0 atom stereocenters. The van der Waals surface area contributed by atoms with Crippen molar-refractivity contribution in [2.45, 2.75) is 32.6 Å². The van der Waals surface area contributed by atoms with Crippen molar-refractivity contribution in [3.63, 3.8) is 0 Å². The van der Waals surface area contributed by atoms with E-state index >= 15 is 0 Å². The quantitative estimate of drug-likeness (QED) is 0.325. The molecular formula is C20H22O5. The lowest BCUT2D eigenvalue weighted by molar-refractivity contribution is -0.130. The van der Waals surface area contributed by atoms with Crippen LogP contribution in [-0.4, -0.2) is 21.3 Å². The molecule has 0 saturated heterocycles. The van der Waals surface area contributed by atoms with Crippen LogP contribution in [0.15, 0.2) is 60.0 Å². The van der Waals surface area contributed by atoms with Crippen LogP contribution >= 0.6 is 0 Å². The van der Waals surface area contributed by atoms with Gasteiger partial charge in [-0.3, -0.25) is 0 Å². The fourth-order valence-electron chi connectivity index (χ4n) is 2.55. The monoisotopic (exact) mass is 342 g/mol. The Labute approximate surface area is 146 Å². The lowest BCUT2D eigenvalue weighted by atomic mass is 9.78. The molecule has 0 amide bonds. The second-order valence-corrected chi connectivity index (χ2v) is 6.24. The van der Waals surface area contributed by atoms with E-state index in [1.807, 2.05) is 24.3 Å². The van der Waals surface area contributed by atoms with Crippen molar-refractivity contribution >= 4 is 5.97 Å². The topological polar surface area (TPSA) is 87.0 Å². The second kappa shape index (κ2) is 7.30. The lowest BCUT2D eigenvalue weighted by Gasteiger charge is -2.26. The summed E-state index contributed by atoms with van der Waals surface area (Å²) in [5.41, 5.74) is 1.58. The molecule has 2 rings (SSSR count). The molecule has 2 aromatic rings. The maximum Gasteiger partial charge on any atom is 0.346 e. The molecule has 2 aromatic carbocycles. The van der Waals surface area contributed by atoms with E-state index in [0.717, 1.165) is 11.1 Å². The van der Waals surface area contributed by atoms with Gasteiger partial charge in [-0.2, -0.15) is 0 Å². The number of phenols is 1. The number of aliphatic hydroxyl groups is 2. The predicted octanol–water partition coefficient (Wildman–Crippen LogP) is 4.36. The molecule has 0 spiro atoms. The SMILES string of the molecule is CCC(C(=O)Oc1ccc(C(C)(C)c2ccc(O)cc2)cc1)=C(O)O. The Balaban J connectivity index is 2.20. The number of esters is 1. The van der Waals surface area contributed by atoms with Gasteiger partial charge in [0.25, 0.3) is 5.95 Å². The summed E-state index contributed by atoms with van der Waals surface area (Å²) in [4.78, 5) is 11.9. The highest BCUT2D eigenvalue weighted by Gasteiger charge is 2.23. The third-order valence-electron chi connectivity index (χ3n) is 4.25. The van der Waals surface area contributed by atoms with E-state index in [1.54, 1.807) is 31.2 Å². The number of hydrogen-bond acceptors (Lipinski definition) is 5. The van der Waals surface area contributed by atoms with Crippen LogP contribution in [-0.2, 0) is 10.2 Å². The summed E-state index contributed by atoms with van der Waals surface area (Å²) in [5.74, 6) is -1.26. The van der Waals surface area contributed by atoms with E-state index in [1.165, 1.54) is 0 Å². The third-order valence-corrected chi connectivity index (χ3v) is 4.25. The zero-order valence-electron chi connectivity index (χ0n) is 14.5. The first-order chi connectivity index (χ1) is 11.8. The largest absolute Gasteiger partial charge is 0.508 e. The van der Waals surface area contributed by atoms with Gasteiger partial charge in [-0.1, -0.05) is 45.0 Å². The van der Waals surface area contributed by atoms with Crippen LogP contribution in [0.25, 0.3) is 0 Å². The minimum absolute atomic E-state index is 0.160. The van der Waals surface area contributed by atoms with Gasteiger partial charge in [0.15, 0.2) is 0 Å². The molecule has 0 aliphatic carbocycles. The van der Waals surface area contributed by atoms with Crippen molar-refractivity contribution in [3.8, 4) is 11.5 Å². The van der Waals surface area contributed by atoms with Crippen molar-refractivity contribution < 1.29 is 24.9 Å². The fourth-order valence-corrected chi connectivity index (χ4v) is 2.55. The Hall–Kier alpha value is -2.95. The Bertz CT molecular complexity index is 767. The summed E-state index contributed by atoms with van der Waals surface area (Å²) in [6, 6.07) is 14.1. The molecule has 0 aromatic heterocycles. The minimum Gasteiger partial charge on any atom is -0.508 e. The van der Waals surface area contributed by atoms with Crippen molar-refractivity contribution in [2.24, 2.45) is 0 Å². The highest BCUT2D eigenvalue weighted by atomic mass is 16.5. The number of aromatic hydroxyl groups is 1. The van der Waals surface area contributed by atoms with Gasteiger partial charge in [0, 0.05) is 5.41 Å². The summed E-state index contributed by atoms with van der Waals surface area (Å²) in [7, 11) is 0. The van der Waals surface area contributed by atoms with Gasteiger partial charge in [0.2, 0.25) is 0 Å². The molecule has 5 heteroatoms. The smallest absolute Gasteiger partial charge is 0.346 e. The molecule has 5 nitrogen and oxygen atoms in total. The van der Waals surface area contributed by atoms with Crippen LogP contribution in [0, 0.1) is 0 Å². The zero-order valence-corrected chi connectivity index (χ0v) is 14.5. The van der Waals surface area contributed by atoms with E-state index in [2.05, 4.69) is 13.8 Å². The number of rotatable bonds is 5. The van der Waals surface area contributed by atoms with E-state index < -0.39 is 11.9 Å². The summed E-state index contributed by atoms with van der Waals surface area (Å²) in [6.07, 6.45) is 0.160. The minimum atomic E-state index is -1.02. The number of aliphatic hydroxyl groups excluding tert-OH is 1. The molecule has 3 N–H and O–H groups in total. The van der Waals surface area contributed by atoms with E-state index in [9.17, 15) is 9.90 Å². The van der Waals surface area contributed by atoms with Gasteiger partial charge in [0.05, 0.1) is 0 Å². The summed E-state index contributed by atoms with van der Waals surface area (Å²) >= 11 is 0. The highest BCUT2D eigenvalue weighted by Crippen LogP contribution is 2.33. The first-order valence-corrected chi connectivity index (χ1v) is 7.99. The first-order valence-electron chi connectivity index (χ1n) is 7.99. The van der Waals surface area contributed by atoms with E-state index in [-0.39, 0.29) is 23.2 Å². The van der Waals surface area contributed by atoms with Crippen molar-refractivity contribution in [2.75, 3.05) is 0 Å². The van der Waals surface area contributed by atoms with Gasteiger partial charge < -0.3 is 20.1 Å². The van der Waals surface area contributed by atoms with Crippen molar-refractivity contribution in [3.05, 3.63) is 71.2 Å². The highest BCUT2D eigenvalue weighted by molar-refractivity contribution is 5.90.